The Hall–Kier alpha value is -2.45. The maximum absolute atomic E-state index is 14.6. The summed E-state index contributed by atoms with van der Waals surface area (Å²) in [5.41, 5.74) is 0.788. The van der Waals surface area contributed by atoms with Gasteiger partial charge in [-0.2, -0.15) is 0 Å². The second-order valence-corrected chi connectivity index (χ2v) is 10.3. The number of amides is 1. The molecule has 0 saturated carbocycles. The molecule has 1 amide bonds. The van der Waals surface area contributed by atoms with Crippen LogP contribution >= 0.6 is 0 Å². The van der Waals surface area contributed by atoms with Crippen LogP contribution in [0.1, 0.15) is 36.7 Å². The van der Waals surface area contributed by atoms with Crippen molar-refractivity contribution in [3.8, 4) is 0 Å². The van der Waals surface area contributed by atoms with E-state index < -0.39 is 27.3 Å². The number of rotatable bonds is 3. The molecular formula is C22H25FN2O4S. The van der Waals surface area contributed by atoms with E-state index in [1.165, 1.54) is 15.3 Å². The lowest BCUT2D eigenvalue weighted by Gasteiger charge is -2.38. The van der Waals surface area contributed by atoms with Crippen molar-refractivity contribution in [2.24, 2.45) is 0 Å². The Morgan fingerprint density at radius 2 is 1.93 bits per heavy atom. The molecule has 0 radical (unpaired) electrons. The van der Waals surface area contributed by atoms with E-state index in [9.17, 15) is 17.6 Å². The lowest BCUT2D eigenvalue weighted by Crippen LogP contribution is -2.50. The average molecular weight is 433 g/mol. The van der Waals surface area contributed by atoms with Crippen molar-refractivity contribution in [2.75, 3.05) is 24.0 Å². The lowest BCUT2D eigenvalue weighted by molar-refractivity contribution is -0.0764. The van der Waals surface area contributed by atoms with E-state index in [0.717, 1.165) is 17.7 Å². The molecule has 2 aromatic rings. The van der Waals surface area contributed by atoms with Crippen LogP contribution in [0.25, 0.3) is 0 Å². The molecule has 2 aliphatic heterocycles. The minimum Gasteiger partial charge on any atom is -0.372 e. The molecular weight excluding hydrogens is 407 g/mol. The monoisotopic (exact) mass is 432 g/mol. The minimum absolute atomic E-state index is 0.0941. The highest BCUT2D eigenvalue weighted by atomic mass is 32.2. The summed E-state index contributed by atoms with van der Waals surface area (Å²) in [5, 5.41) is 0. The first-order valence-corrected chi connectivity index (χ1v) is 11.4. The third kappa shape index (κ3) is 3.58. The predicted molar refractivity (Wildman–Crippen MR) is 112 cm³/mol. The first-order valence-electron chi connectivity index (χ1n) is 9.95. The highest BCUT2D eigenvalue weighted by molar-refractivity contribution is 7.92. The molecule has 0 N–H and O–H groups in total. The Bertz CT molecular complexity index is 1100. The van der Waals surface area contributed by atoms with Gasteiger partial charge in [-0.15, -0.1) is 0 Å². The lowest BCUT2D eigenvalue weighted by atomic mass is 10.1. The number of benzene rings is 2. The molecule has 1 atom stereocenters. The zero-order chi connectivity index (χ0) is 21.7. The third-order valence-corrected chi connectivity index (χ3v) is 7.51. The SMILES string of the molecule is CC1Cc2ccccc2N1S(=O)(=O)c1ccc(F)c(C(=O)N2CCOC(C)(C)C2)c1. The van der Waals surface area contributed by atoms with Gasteiger partial charge in [0.15, 0.2) is 0 Å². The van der Waals surface area contributed by atoms with E-state index in [4.69, 9.17) is 4.74 Å². The molecule has 2 aromatic carbocycles. The van der Waals surface area contributed by atoms with Crippen molar-refractivity contribution >= 4 is 21.6 Å². The van der Waals surface area contributed by atoms with Crippen LogP contribution in [0.5, 0.6) is 0 Å². The standard InChI is InChI=1S/C22H25FN2O4S/c1-15-12-16-6-4-5-7-20(16)25(15)30(27,28)17-8-9-19(23)18(13-17)21(26)24-10-11-29-22(2,3)14-24/h4-9,13,15H,10-12,14H2,1-3H3. The summed E-state index contributed by atoms with van der Waals surface area (Å²) in [6.07, 6.45) is 0.602. The maximum Gasteiger partial charge on any atom is 0.264 e. The Balaban J connectivity index is 1.70. The van der Waals surface area contributed by atoms with Gasteiger partial charge >= 0.3 is 0 Å². The number of morpholine rings is 1. The molecule has 1 saturated heterocycles. The fourth-order valence-electron chi connectivity index (χ4n) is 4.21. The summed E-state index contributed by atoms with van der Waals surface area (Å²) < 4.78 is 48.4. The number of carbonyl (C=O) groups excluding carboxylic acids is 1. The van der Waals surface area contributed by atoms with Crippen molar-refractivity contribution in [3.63, 3.8) is 0 Å². The van der Waals surface area contributed by atoms with Gasteiger partial charge < -0.3 is 9.64 Å². The number of hydrogen-bond donors (Lipinski definition) is 0. The number of ether oxygens (including phenoxy) is 1. The second-order valence-electron chi connectivity index (χ2n) is 8.46. The molecule has 1 unspecified atom stereocenters. The maximum atomic E-state index is 14.6. The smallest absolute Gasteiger partial charge is 0.264 e. The molecule has 2 heterocycles. The van der Waals surface area contributed by atoms with Gasteiger partial charge in [0.25, 0.3) is 15.9 Å². The van der Waals surface area contributed by atoms with Gasteiger partial charge in [-0.25, -0.2) is 12.8 Å². The summed E-state index contributed by atoms with van der Waals surface area (Å²) in [6, 6.07) is 10.5. The number of carbonyl (C=O) groups is 1. The number of fused-ring (bicyclic) bond motifs is 1. The van der Waals surface area contributed by atoms with Gasteiger partial charge in [0.2, 0.25) is 0 Å². The van der Waals surface area contributed by atoms with Crippen LogP contribution in [0.4, 0.5) is 10.1 Å². The molecule has 6 nitrogen and oxygen atoms in total. The largest absolute Gasteiger partial charge is 0.372 e. The molecule has 0 aliphatic carbocycles. The minimum atomic E-state index is -3.96. The number of sulfonamides is 1. The third-order valence-electron chi connectivity index (χ3n) is 5.58. The number of nitrogens with zero attached hydrogens (tertiary/aromatic N) is 2. The molecule has 4 rings (SSSR count). The van der Waals surface area contributed by atoms with Crippen LogP contribution in [0.2, 0.25) is 0 Å². The van der Waals surface area contributed by atoms with Crippen LogP contribution in [0.3, 0.4) is 0 Å². The van der Waals surface area contributed by atoms with E-state index in [-0.39, 0.29) is 16.5 Å². The van der Waals surface area contributed by atoms with Gasteiger partial charge in [0.1, 0.15) is 5.82 Å². The quantitative estimate of drug-likeness (QED) is 0.747. The zero-order valence-electron chi connectivity index (χ0n) is 17.3. The molecule has 0 bridgehead atoms. The number of anilines is 1. The Kier molecular flexibility index (Phi) is 5.10. The Morgan fingerprint density at radius 1 is 1.20 bits per heavy atom. The summed E-state index contributed by atoms with van der Waals surface area (Å²) in [7, 11) is -3.96. The van der Waals surface area contributed by atoms with Crippen molar-refractivity contribution in [1.82, 2.24) is 4.90 Å². The topological polar surface area (TPSA) is 66.9 Å². The van der Waals surface area contributed by atoms with Crippen molar-refractivity contribution in [1.29, 1.82) is 0 Å². The van der Waals surface area contributed by atoms with E-state index in [1.54, 1.807) is 12.1 Å². The molecule has 2 aliphatic rings. The van der Waals surface area contributed by atoms with Crippen LogP contribution < -0.4 is 4.31 Å². The van der Waals surface area contributed by atoms with Crippen LogP contribution in [0, 0.1) is 5.82 Å². The number of halogens is 1. The van der Waals surface area contributed by atoms with Crippen LogP contribution in [0.15, 0.2) is 47.4 Å². The van der Waals surface area contributed by atoms with Gasteiger partial charge in [0, 0.05) is 19.1 Å². The van der Waals surface area contributed by atoms with E-state index >= 15 is 0 Å². The van der Waals surface area contributed by atoms with Gasteiger partial charge in [-0.3, -0.25) is 9.10 Å². The first kappa shape index (κ1) is 20.8. The highest BCUT2D eigenvalue weighted by Crippen LogP contribution is 2.36. The summed E-state index contributed by atoms with van der Waals surface area (Å²) in [6.45, 7) is 6.53. The summed E-state index contributed by atoms with van der Waals surface area (Å²) >= 11 is 0. The molecule has 30 heavy (non-hydrogen) atoms. The molecule has 1 fully saturated rings. The summed E-state index contributed by atoms with van der Waals surface area (Å²) in [4.78, 5) is 14.4. The highest BCUT2D eigenvalue weighted by Gasteiger charge is 2.37. The first-order chi connectivity index (χ1) is 14.1. The Morgan fingerprint density at radius 3 is 2.67 bits per heavy atom. The van der Waals surface area contributed by atoms with Crippen molar-refractivity contribution in [3.05, 3.63) is 59.4 Å². The molecule has 8 heteroatoms. The second kappa shape index (κ2) is 7.35. The van der Waals surface area contributed by atoms with E-state index in [1.807, 2.05) is 32.9 Å². The van der Waals surface area contributed by atoms with Crippen LogP contribution in [-0.2, 0) is 21.2 Å². The average Bonchev–Trinajstić information content (AvgIpc) is 3.03. The zero-order valence-corrected chi connectivity index (χ0v) is 18.1. The van der Waals surface area contributed by atoms with Gasteiger partial charge in [0.05, 0.1) is 28.4 Å². The predicted octanol–water partition coefficient (Wildman–Crippen LogP) is 3.22. The van der Waals surface area contributed by atoms with Crippen molar-refractivity contribution < 1.29 is 22.3 Å². The van der Waals surface area contributed by atoms with Crippen molar-refractivity contribution in [2.45, 2.75) is 43.7 Å². The fourth-order valence-corrected chi connectivity index (χ4v) is 5.93. The normalized spacial score (nSPS) is 20.9. The Labute approximate surface area is 176 Å². The van der Waals surface area contributed by atoms with Crippen LogP contribution in [-0.4, -0.2) is 50.6 Å². The van der Waals surface area contributed by atoms with Gasteiger partial charge in [-0.05, 0) is 57.0 Å². The molecule has 0 spiro atoms. The molecule has 160 valence electrons. The molecule has 0 aromatic heterocycles. The van der Waals surface area contributed by atoms with E-state index in [2.05, 4.69) is 0 Å². The number of hydrogen-bond acceptors (Lipinski definition) is 4. The van der Waals surface area contributed by atoms with E-state index in [0.29, 0.717) is 31.8 Å². The van der Waals surface area contributed by atoms with Gasteiger partial charge in [-0.1, -0.05) is 18.2 Å². The fraction of sp³-hybridized carbons (Fsp3) is 0.409. The summed E-state index contributed by atoms with van der Waals surface area (Å²) in [5.74, 6) is -1.27. The number of para-hydroxylation sites is 1.